The summed E-state index contributed by atoms with van der Waals surface area (Å²) in [7, 11) is 1.85. The Labute approximate surface area is 119 Å². The van der Waals surface area contributed by atoms with Gasteiger partial charge in [0.05, 0.1) is 6.61 Å². The first-order chi connectivity index (χ1) is 9.15. The fourth-order valence-electron chi connectivity index (χ4n) is 3.95. The predicted octanol–water partition coefficient (Wildman–Crippen LogP) is 2.66. The van der Waals surface area contributed by atoms with E-state index in [0.717, 1.165) is 12.5 Å². The van der Waals surface area contributed by atoms with Crippen molar-refractivity contribution in [3.63, 3.8) is 0 Å². The van der Waals surface area contributed by atoms with Crippen LogP contribution in [0, 0.1) is 5.92 Å². The van der Waals surface area contributed by atoms with E-state index in [2.05, 4.69) is 24.1 Å². The average Bonchev–Trinajstić information content (AvgIpc) is 2.40. The summed E-state index contributed by atoms with van der Waals surface area (Å²) in [5, 5.41) is 3.78. The lowest BCUT2D eigenvalue weighted by atomic mass is 9.78. The van der Waals surface area contributed by atoms with Crippen molar-refractivity contribution in [2.24, 2.45) is 5.92 Å². The van der Waals surface area contributed by atoms with Crippen LogP contribution in [0.25, 0.3) is 0 Å². The predicted molar refractivity (Wildman–Crippen MR) is 80.5 cm³/mol. The first-order valence-electron chi connectivity index (χ1n) is 8.13. The second-order valence-electron chi connectivity index (χ2n) is 6.90. The SMILES string of the molecule is COCC1(CC2CCCN(C(C)C)C2)CCCCN1. The van der Waals surface area contributed by atoms with Gasteiger partial charge < -0.3 is 15.0 Å². The summed E-state index contributed by atoms with van der Waals surface area (Å²) in [6.07, 6.45) is 8.04. The molecule has 0 spiro atoms. The van der Waals surface area contributed by atoms with Crippen molar-refractivity contribution in [1.82, 2.24) is 10.2 Å². The highest BCUT2D eigenvalue weighted by atomic mass is 16.5. The normalized spacial score (nSPS) is 33.8. The van der Waals surface area contributed by atoms with Gasteiger partial charge in [-0.05, 0) is 65.0 Å². The van der Waals surface area contributed by atoms with Gasteiger partial charge in [-0.25, -0.2) is 0 Å². The minimum absolute atomic E-state index is 0.262. The molecule has 2 rings (SSSR count). The summed E-state index contributed by atoms with van der Waals surface area (Å²) in [6, 6.07) is 0.695. The van der Waals surface area contributed by atoms with Crippen molar-refractivity contribution in [2.75, 3.05) is 33.4 Å². The number of hydrogen-bond donors (Lipinski definition) is 1. The molecule has 3 heteroatoms. The smallest absolute Gasteiger partial charge is 0.0644 e. The molecule has 1 N–H and O–H groups in total. The number of hydrogen-bond acceptors (Lipinski definition) is 3. The molecular formula is C16H32N2O. The molecule has 0 aliphatic carbocycles. The molecule has 0 amide bonds. The number of piperidine rings is 2. The van der Waals surface area contributed by atoms with Crippen LogP contribution in [0.2, 0.25) is 0 Å². The van der Waals surface area contributed by atoms with E-state index in [0.29, 0.717) is 6.04 Å². The molecule has 112 valence electrons. The van der Waals surface area contributed by atoms with Crippen LogP contribution in [0.5, 0.6) is 0 Å². The standard InChI is InChI=1S/C16H32N2O/c1-14(2)18-10-6-7-15(12-18)11-16(13-19-3)8-4-5-9-17-16/h14-15,17H,4-13H2,1-3H3. The van der Waals surface area contributed by atoms with E-state index >= 15 is 0 Å². The number of rotatable bonds is 5. The van der Waals surface area contributed by atoms with Crippen LogP contribution in [0.1, 0.15) is 52.4 Å². The van der Waals surface area contributed by atoms with Crippen molar-refractivity contribution in [2.45, 2.75) is 64.0 Å². The summed E-state index contributed by atoms with van der Waals surface area (Å²) in [4.78, 5) is 2.65. The lowest BCUT2D eigenvalue weighted by Crippen LogP contribution is -2.54. The van der Waals surface area contributed by atoms with Crippen molar-refractivity contribution in [1.29, 1.82) is 0 Å². The van der Waals surface area contributed by atoms with Crippen molar-refractivity contribution in [3.05, 3.63) is 0 Å². The van der Waals surface area contributed by atoms with E-state index in [4.69, 9.17) is 4.74 Å². The maximum Gasteiger partial charge on any atom is 0.0644 e. The molecule has 2 atom stereocenters. The van der Waals surface area contributed by atoms with Crippen LogP contribution in [0.4, 0.5) is 0 Å². The largest absolute Gasteiger partial charge is 0.383 e. The summed E-state index contributed by atoms with van der Waals surface area (Å²) >= 11 is 0. The summed E-state index contributed by atoms with van der Waals surface area (Å²) in [5.74, 6) is 0.844. The van der Waals surface area contributed by atoms with Crippen LogP contribution >= 0.6 is 0 Å². The third-order valence-corrected chi connectivity index (χ3v) is 4.96. The Morgan fingerprint density at radius 3 is 2.79 bits per heavy atom. The third-order valence-electron chi connectivity index (χ3n) is 4.96. The highest BCUT2D eigenvalue weighted by Crippen LogP contribution is 2.31. The van der Waals surface area contributed by atoms with Gasteiger partial charge >= 0.3 is 0 Å². The maximum atomic E-state index is 5.52. The zero-order chi connectivity index (χ0) is 13.7. The van der Waals surface area contributed by atoms with Crippen LogP contribution in [-0.4, -0.2) is 49.8 Å². The molecule has 0 saturated carbocycles. The van der Waals surface area contributed by atoms with Gasteiger partial charge in [0, 0.05) is 25.2 Å². The van der Waals surface area contributed by atoms with E-state index < -0.39 is 0 Å². The maximum absolute atomic E-state index is 5.52. The number of nitrogens with zero attached hydrogens (tertiary/aromatic N) is 1. The Hall–Kier alpha value is -0.120. The molecule has 0 aromatic heterocycles. The number of nitrogens with one attached hydrogen (secondary N) is 1. The summed E-state index contributed by atoms with van der Waals surface area (Å²) < 4.78 is 5.52. The first-order valence-corrected chi connectivity index (χ1v) is 8.13. The van der Waals surface area contributed by atoms with Gasteiger partial charge in [0.15, 0.2) is 0 Å². The summed E-state index contributed by atoms with van der Waals surface area (Å²) in [6.45, 7) is 9.27. The van der Waals surface area contributed by atoms with Crippen LogP contribution in [-0.2, 0) is 4.74 Å². The van der Waals surface area contributed by atoms with Crippen LogP contribution in [0.3, 0.4) is 0 Å². The van der Waals surface area contributed by atoms with Crippen LogP contribution in [0.15, 0.2) is 0 Å². The molecule has 0 bridgehead atoms. The van der Waals surface area contributed by atoms with Crippen LogP contribution < -0.4 is 5.32 Å². The molecular weight excluding hydrogens is 236 g/mol. The number of likely N-dealkylation sites (tertiary alicyclic amines) is 1. The van der Waals surface area contributed by atoms with Gasteiger partial charge in [-0.15, -0.1) is 0 Å². The van der Waals surface area contributed by atoms with Gasteiger partial charge in [0.2, 0.25) is 0 Å². The minimum Gasteiger partial charge on any atom is -0.383 e. The quantitative estimate of drug-likeness (QED) is 0.829. The average molecular weight is 268 g/mol. The Kier molecular flexibility index (Phi) is 5.67. The van der Waals surface area contributed by atoms with Gasteiger partial charge in [0.25, 0.3) is 0 Å². The van der Waals surface area contributed by atoms with E-state index in [1.807, 2.05) is 7.11 Å². The Morgan fingerprint density at radius 2 is 2.16 bits per heavy atom. The molecule has 2 aliphatic heterocycles. The lowest BCUT2D eigenvalue weighted by Gasteiger charge is -2.43. The Morgan fingerprint density at radius 1 is 1.32 bits per heavy atom. The fourth-order valence-corrected chi connectivity index (χ4v) is 3.95. The number of methoxy groups -OCH3 is 1. The fraction of sp³-hybridized carbons (Fsp3) is 1.00. The van der Waals surface area contributed by atoms with Gasteiger partial charge in [-0.1, -0.05) is 6.42 Å². The molecule has 19 heavy (non-hydrogen) atoms. The van der Waals surface area contributed by atoms with E-state index in [9.17, 15) is 0 Å². The topological polar surface area (TPSA) is 24.5 Å². The monoisotopic (exact) mass is 268 g/mol. The molecule has 2 unspecified atom stereocenters. The van der Waals surface area contributed by atoms with Crippen molar-refractivity contribution < 1.29 is 4.74 Å². The van der Waals surface area contributed by atoms with E-state index in [1.165, 1.54) is 58.2 Å². The second-order valence-corrected chi connectivity index (χ2v) is 6.90. The molecule has 0 aromatic rings. The van der Waals surface area contributed by atoms with Gasteiger partial charge in [0.1, 0.15) is 0 Å². The second kappa shape index (κ2) is 7.05. The molecule has 0 radical (unpaired) electrons. The zero-order valence-electron chi connectivity index (χ0n) is 13.1. The first kappa shape index (κ1) is 15.3. The van der Waals surface area contributed by atoms with Crippen molar-refractivity contribution >= 4 is 0 Å². The minimum atomic E-state index is 0.262. The van der Waals surface area contributed by atoms with Gasteiger partial charge in [-0.2, -0.15) is 0 Å². The third kappa shape index (κ3) is 4.17. The van der Waals surface area contributed by atoms with Crippen molar-refractivity contribution in [3.8, 4) is 0 Å². The lowest BCUT2D eigenvalue weighted by molar-refractivity contribution is 0.0505. The molecule has 2 fully saturated rings. The Bertz CT molecular complexity index is 256. The highest BCUT2D eigenvalue weighted by molar-refractivity contribution is 4.94. The molecule has 3 nitrogen and oxygen atoms in total. The highest BCUT2D eigenvalue weighted by Gasteiger charge is 2.35. The number of ether oxygens (including phenoxy) is 1. The van der Waals surface area contributed by atoms with Gasteiger partial charge in [-0.3, -0.25) is 0 Å². The molecule has 0 aromatic carbocycles. The summed E-state index contributed by atoms with van der Waals surface area (Å²) in [5.41, 5.74) is 0.262. The molecule has 2 heterocycles. The Balaban J connectivity index is 1.92. The molecule has 2 saturated heterocycles. The molecule has 2 aliphatic rings. The van der Waals surface area contributed by atoms with E-state index in [-0.39, 0.29) is 5.54 Å². The zero-order valence-corrected chi connectivity index (χ0v) is 13.1. The van der Waals surface area contributed by atoms with E-state index in [1.54, 1.807) is 0 Å².